The molecule has 3 aromatic rings. The van der Waals surface area contributed by atoms with Gasteiger partial charge in [-0.1, -0.05) is 30.3 Å². The standard InChI is InChI=1S/C22H26N4O2/c1-16-6-5-7-17(2)22(16)24-20(27)14-25-10-12-26(13-11-25)15-21-23-18-8-3-4-9-19(18)28-21/h3-9H,10-15H2,1-2H3,(H,24,27). The second-order valence-corrected chi connectivity index (χ2v) is 7.44. The van der Waals surface area contributed by atoms with E-state index < -0.39 is 0 Å². The maximum Gasteiger partial charge on any atom is 0.238 e. The van der Waals surface area contributed by atoms with Crippen LogP contribution in [-0.4, -0.2) is 53.4 Å². The van der Waals surface area contributed by atoms with Gasteiger partial charge in [0.25, 0.3) is 0 Å². The van der Waals surface area contributed by atoms with E-state index in [0.29, 0.717) is 13.1 Å². The highest BCUT2D eigenvalue weighted by Gasteiger charge is 2.21. The highest BCUT2D eigenvalue weighted by Crippen LogP contribution is 2.20. The molecule has 1 aliphatic rings. The van der Waals surface area contributed by atoms with Crippen molar-refractivity contribution in [3.63, 3.8) is 0 Å². The number of aryl methyl sites for hydroxylation is 2. The highest BCUT2D eigenvalue weighted by atomic mass is 16.3. The number of para-hydroxylation sites is 3. The smallest absolute Gasteiger partial charge is 0.238 e. The number of benzene rings is 2. The van der Waals surface area contributed by atoms with Gasteiger partial charge in [0.2, 0.25) is 11.8 Å². The van der Waals surface area contributed by atoms with E-state index in [0.717, 1.165) is 60.0 Å². The molecule has 2 heterocycles. The lowest BCUT2D eigenvalue weighted by Crippen LogP contribution is -2.48. The second-order valence-electron chi connectivity index (χ2n) is 7.44. The van der Waals surface area contributed by atoms with Gasteiger partial charge in [0.05, 0.1) is 13.1 Å². The van der Waals surface area contributed by atoms with E-state index in [1.165, 1.54) is 0 Å². The number of carbonyl (C=O) groups is 1. The van der Waals surface area contributed by atoms with Crippen molar-refractivity contribution in [3.8, 4) is 0 Å². The van der Waals surface area contributed by atoms with Crippen LogP contribution in [0.25, 0.3) is 11.1 Å². The Labute approximate surface area is 165 Å². The van der Waals surface area contributed by atoms with Crippen molar-refractivity contribution < 1.29 is 9.21 Å². The third-order valence-electron chi connectivity index (χ3n) is 5.27. The Balaban J connectivity index is 1.27. The first-order valence-corrected chi connectivity index (χ1v) is 9.74. The second kappa shape index (κ2) is 8.12. The Bertz CT molecular complexity index is 920. The molecule has 146 valence electrons. The van der Waals surface area contributed by atoms with E-state index in [2.05, 4.69) is 20.1 Å². The molecule has 1 amide bonds. The first-order valence-electron chi connectivity index (χ1n) is 9.74. The normalized spacial score (nSPS) is 15.8. The molecule has 1 aromatic heterocycles. The first kappa shape index (κ1) is 18.7. The average Bonchev–Trinajstić information content (AvgIpc) is 3.09. The van der Waals surface area contributed by atoms with Gasteiger partial charge in [0, 0.05) is 31.9 Å². The lowest BCUT2D eigenvalue weighted by atomic mass is 10.1. The molecule has 0 atom stereocenters. The number of fused-ring (bicyclic) bond motifs is 1. The number of piperazine rings is 1. The molecular formula is C22H26N4O2. The van der Waals surface area contributed by atoms with Crippen molar-refractivity contribution in [2.45, 2.75) is 20.4 Å². The Hall–Kier alpha value is -2.70. The molecular weight excluding hydrogens is 352 g/mol. The van der Waals surface area contributed by atoms with Crippen LogP contribution < -0.4 is 5.32 Å². The van der Waals surface area contributed by atoms with Crippen molar-refractivity contribution in [1.29, 1.82) is 0 Å². The molecule has 1 N–H and O–H groups in total. The molecule has 0 bridgehead atoms. The van der Waals surface area contributed by atoms with Crippen LogP contribution in [0, 0.1) is 13.8 Å². The zero-order chi connectivity index (χ0) is 19.5. The summed E-state index contributed by atoms with van der Waals surface area (Å²) in [4.78, 5) is 21.5. The van der Waals surface area contributed by atoms with Crippen molar-refractivity contribution >= 4 is 22.7 Å². The summed E-state index contributed by atoms with van der Waals surface area (Å²) in [6.07, 6.45) is 0. The number of hydrogen-bond acceptors (Lipinski definition) is 5. The number of oxazole rings is 1. The Morgan fingerprint density at radius 1 is 1.00 bits per heavy atom. The van der Waals surface area contributed by atoms with Crippen LogP contribution in [-0.2, 0) is 11.3 Å². The number of anilines is 1. The number of aromatic nitrogens is 1. The zero-order valence-corrected chi connectivity index (χ0v) is 16.4. The summed E-state index contributed by atoms with van der Waals surface area (Å²) in [6, 6.07) is 13.9. The van der Waals surface area contributed by atoms with Crippen LogP contribution in [0.2, 0.25) is 0 Å². The lowest BCUT2D eigenvalue weighted by Gasteiger charge is -2.33. The minimum atomic E-state index is 0.0461. The molecule has 28 heavy (non-hydrogen) atoms. The van der Waals surface area contributed by atoms with E-state index in [9.17, 15) is 4.79 Å². The average molecular weight is 378 g/mol. The summed E-state index contributed by atoms with van der Waals surface area (Å²) in [5, 5.41) is 3.07. The predicted molar refractivity (Wildman–Crippen MR) is 110 cm³/mol. The number of rotatable bonds is 5. The van der Waals surface area contributed by atoms with Gasteiger partial charge in [0.15, 0.2) is 5.58 Å². The van der Waals surface area contributed by atoms with Gasteiger partial charge < -0.3 is 9.73 Å². The van der Waals surface area contributed by atoms with Crippen LogP contribution in [0.3, 0.4) is 0 Å². The maximum absolute atomic E-state index is 12.5. The van der Waals surface area contributed by atoms with Gasteiger partial charge in [-0.2, -0.15) is 0 Å². The first-order chi connectivity index (χ1) is 13.6. The molecule has 1 saturated heterocycles. The van der Waals surface area contributed by atoms with Gasteiger partial charge in [-0.25, -0.2) is 4.98 Å². The third-order valence-corrected chi connectivity index (χ3v) is 5.27. The molecule has 0 spiro atoms. The summed E-state index contributed by atoms with van der Waals surface area (Å²) in [5.41, 5.74) is 4.86. The number of hydrogen-bond donors (Lipinski definition) is 1. The summed E-state index contributed by atoms with van der Waals surface area (Å²) >= 11 is 0. The van der Waals surface area contributed by atoms with Crippen LogP contribution >= 0.6 is 0 Å². The van der Waals surface area contributed by atoms with Gasteiger partial charge in [-0.15, -0.1) is 0 Å². The van der Waals surface area contributed by atoms with E-state index in [1.54, 1.807) is 0 Å². The largest absolute Gasteiger partial charge is 0.439 e. The van der Waals surface area contributed by atoms with E-state index >= 15 is 0 Å². The zero-order valence-electron chi connectivity index (χ0n) is 16.4. The fourth-order valence-corrected chi connectivity index (χ4v) is 3.68. The molecule has 1 aliphatic heterocycles. The molecule has 2 aromatic carbocycles. The van der Waals surface area contributed by atoms with E-state index in [-0.39, 0.29) is 5.91 Å². The van der Waals surface area contributed by atoms with Crippen LogP contribution in [0.1, 0.15) is 17.0 Å². The van der Waals surface area contributed by atoms with Gasteiger partial charge >= 0.3 is 0 Å². The maximum atomic E-state index is 12.5. The van der Waals surface area contributed by atoms with E-state index in [1.807, 2.05) is 56.3 Å². The topological polar surface area (TPSA) is 61.6 Å². The highest BCUT2D eigenvalue weighted by molar-refractivity contribution is 5.93. The minimum Gasteiger partial charge on any atom is -0.439 e. The quantitative estimate of drug-likeness (QED) is 0.739. The molecule has 6 nitrogen and oxygen atoms in total. The third kappa shape index (κ3) is 4.24. The monoisotopic (exact) mass is 378 g/mol. The van der Waals surface area contributed by atoms with Crippen molar-refractivity contribution in [2.75, 3.05) is 38.0 Å². The molecule has 0 aliphatic carbocycles. The predicted octanol–water partition coefficient (Wildman–Crippen LogP) is 3.20. The number of carbonyl (C=O) groups excluding carboxylic acids is 1. The number of nitrogens with one attached hydrogen (secondary N) is 1. The van der Waals surface area contributed by atoms with Crippen molar-refractivity contribution in [3.05, 3.63) is 59.5 Å². The fourth-order valence-electron chi connectivity index (χ4n) is 3.68. The summed E-state index contributed by atoms with van der Waals surface area (Å²) < 4.78 is 5.82. The molecule has 6 heteroatoms. The number of amides is 1. The Morgan fingerprint density at radius 3 is 2.39 bits per heavy atom. The SMILES string of the molecule is Cc1cccc(C)c1NC(=O)CN1CCN(Cc2nc3ccccc3o2)CC1. The van der Waals surface area contributed by atoms with Gasteiger partial charge in [-0.05, 0) is 37.1 Å². The van der Waals surface area contributed by atoms with Gasteiger partial charge in [0.1, 0.15) is 5.52 Å². The fraction of sp³-hybridized carbons (Fsp3) is 0.364. The van der Waals surface area contributed by atoms with Crippen LogP contribution in [0.15, 0.2) is 46.9 Å². The molecule has 0 unspecified atom stereocenters. The van der Waals surface area contributed by atoms with Crippen molar-refractivity contribution in [2.24, 2.45) is 0 Å². The lowest BCUT2D eigenvalue weighted by molar-refractivity contribution is -0.117. The van der Waals surface area contributed by atoms with Crippen LogP contribution in [0.5, 0.6) is 0 Å². The molecule has 1 fully saturated rings. The molecule has 4 rings (SSSR count). The van der Waals surface area contributed by atoms with Crippen molar-refractivity contribution in [1.82, 2.24) is 14.8 Å². The Morgan fingerprint density at radius 2 is 1.68 bits per heavy atom. The summed E-state index contributed by atoms with van der Waals surface area (Å²) in [7, 11) is 0. The Kier molecular flexibility index (Phi) is 5.41. The number of nitrogens with zero attached hydrogens (tertiary/aromatic N) is 3. The molecule has 0 radical (unpaired) electrons. The summed E-state index contributed by atoms with van der Waals surface area (Å²) in [6.45, 7) is 8.69. The van der Waals surface area contributed by atoms with Crippen LogP contribution in [0.4, 0.5) is 5.69 Å². The minimum absolute atomic E-state index is 0.0461. The molecule has 0 saturated carbocycles. The van der Waals surface area contributed by atoms with Gasteiger partial charge in [-0.3, -0.25) is 14.6 Å². The summed E-state index contributed by atoms with van der Waals surface area (Å²) in [5.74, 6) is 0.798. The van der Waals surface area contributed by atoms with E-state index in [4.69, 9.17) is 4.42 Å².